The number of Topliss-reactive ketones (excluding diaryl/α,β-unsaturated/α-hetero) is 1. The Morgan fingerprint density at radius 2 is 1.83 bits per heavy atom. The summed E-state index contributed by atoms with van der Waals surface area (Å²) in [6, 6.07) is 16.4. The molecular formula is C23H17ClN4O2. The molecule has 1 atom stereocenters. The van der Waals surface area contributed by atoms with Crippen molar-refractivity contribution >= 4 is 34.7 Å². The smallest absolute Gasteiger partial charge is 0.245 e. The van der Waals surface area contributed by atoms with E-state index in [4.69, 9.17) is 17.3 Å². The summed E-state index contributed by atoms with van der Waals surface area (Å²) in [6.45, 7) is 0. The minimum Gasteiger partial charge on any atom is -0.384 e. The number of nitrogens with one attached hydrogen (secondary N) is 1. The van der Waals surface area contributed by atoms with Gasteiger partial charge in [0.05, 0.1) is 16.3 Å². The lowest BCUT2D eigenvalue weighted by molar-refractivity contribution is -0.122. The van der Waals surface area contributed by atoms with Crippen molar-refractivity contribution in [1.29, 1.82) is 5.26 Å². The normalized spacial score (nSPS) is 22.7. The first-order valence-corrected chi connectivity index (χ1v) is 10.0. The Bertz CT molecular complexity index is 1240. The third kappa shape index (κ3) is 2.18. The first-order chi connectivity index (χ1) is 14.5. The number of ketones is 1. The van der Waals surface area contributed by atoms with Crippen LogP contribution in [0.4, 0.5) is 11.4 Å². The van der Waals surface area contributed by atoms with E-state index < -0.39 is 11.3 Å². The van der Waals surface area contributed by atoms with E-state index in [0.717, 1.165) is 0 Å². The number of nitrogens with two attached hydrogens (primary N) is 1. The Balaban J connectivity index is 1.91. The number of anilines is 2. The predicted molar refractivity (Wildman–Crippen MR) is 113 cm³/mol. The molecule has 0 saturated carbocycles. The van der Waals surface area contributed by atoms with Crippen LogP contribution in [0.2, 0.25) is 5.02 Å². The van der Waals surface area contributed by atoms with Crippen LogP contribution in [0, 0.1) is 11.3 Å². The zero-order valence-corrected chi connectivity index (χ0v) is 16.7. The van der Waals surface area contributed by atoms with Crippen LogP contribution in [0.5, 0.6) is 0 Å². The van der Waals surface area contributed by atoms with Crippen molar-refractivity contribution in [2.24, 2.45) is 5.73 Å². The van der Waals surface area contributed by atoms with Crippen molar-refractivity contribution in [2.45, 2.75) is 24.7 Å². The van der Waals surface area contributed by atoms with E-state index in [1.54, 1.807) is 47.4 Å². The van der Waals surface area contributed by atoms with E-state index in [1.807, 2.05) is 6.07 Å². The van der Waals surface area contributed by atoms with Gasteiger partial charge in [0.15, 0.2) is 5.78 Å². The monoisotopic (exact) mass is 416 g/mol. The SMILES string of the molecule is N#CC1=C(N)N(c2ccccc2Cl)C2=C(C(=O)CCC2)[C@]12C(=O)Nc1ccccc12. The molecule has 7 heteroatoms. The van der Waals surface area contributed by atoms with Crippen LogP contribution in [0.25, 0.3) is 0 Å². The molecule has 0 unspecified atom stereocenters. The average Bonchev–Trinajstić information content (AvgIpc) is 3.02. The van der Waals surface area contributed by atoms with Crippen LogP contribution >= 0.6 is 11.6 Å². The molecule has 148 valence electrons. The third-order valence-corrected chi connectivity index (χ3v) is 6.35. The molecule has 3 aliphatic rings. The van der Waals surface area contributed by atoms with E-state index in [2.05, 4.69) is 11.4 Å². The van der Waals surface area contributed by atoms with Gasteiger partial charge in [0.1, 0.15) is 17.3 Å². The Morgan fingerprint density at radius 3 is 2.60 bits per heavy atom. The molecule has 0 radical (unpaired) electrons. The maximum atomic E-state index is 13.5. The number of hydrogen-bond donors (Lipinski definition) is 2. The van der Waals surface area contributed by atoms with Crippen molar-refractivity contribution in [3.63, 3.8) is 0 Å². The first-order valence-electron chi connectivity index (χ1n) is 9.64. The van der Waals surface area contributed by atoms with Gasteiger partial charge in [-0.2, -0.15) is 5.26 Å². The molecule has 30 heavy (non-hydrogen) atoms. The predicted octanol–water partition coefficient (Wildman–Crippen LogP) is 3.75. The lowest BCUT2D eigenvalue weighted by Crippen LogP contribution is -2.50. The summed E-state index contributed by atoms with van der Waals surface area (Å²) >= 11 is 6.45. The number of rotatable bonds is 1. The number of hydrogen-bond acceptors (Lipinski definition) is 5. The summed E-state index contributed by atoms with van der Waals surface area (Å²) in [7, 11) is 0. The van der Waals surface area contributed by atoms with Crippen LogP contribution in [0.15, 0.2) is 71.2 Å². The van der Waals surface area contributed by atoms with Crippen LogP contribution in [-0.4, -0.2) is 11.7 Å². The van der Waals surface area contributed by atoms with Gasteiger partial charge >= 0.3 is 0 Å². The number of allylic oxidation sites excluding steroid dienone is 1. The second-order valence-electron chi connectivity index (χ2n) is 7.51. The summed E-state index contributed by atoms with van der Waals surface area (Å²) in [4.78, 5) is 28.4. The van der Waals surface area contributed by atoms with E-state index in [-0.39, 0.29) is 17.2 Å². The number of carbonyl (C=O) groups excluding carboxylic acids is 2. The Hall–Kier alpha value is -3.56. The van der Waals surface area contributed by atoms with Crippen LogP contribution in [-0.2, 0) is 15.0 Å². The molecule has 1 amide bonds. The number of carbonyl (C=O) groups is 2. The highest BCUT2D eigenvalue weighted by Crippen LogP contribution is 2.55. The van der Waals surface area contributed by atoms with Gasteiger partial charge in [0.2, 0.25) is 5.91 Å². The molecule has 1 aliphatic carbocycles. The Labute approximate surface area is 178 Å². The number of fused-ring (bicyclic) bond motifs is 3. The van der Waals surface area contributed by atoms with E-state index in [9.17, 15) is 14.9 Å². The molecule has 3 N–H and O–H groups in total. The number of nitrogens with zero attached hydrogens (tertiary/aromatic N) is 2. The van der Waals surface area contributed by atoms with Gasteiger partial charge in [-0.3, -0.25) is 14.5 Å². The minimum atomic E-state index is -1.54. The second-order valence-corrected chi connectivity index (χ2v) is 7.91. The molecule has 6 nitrogen and oxygen atoms in total. The zero-order chi connectivity index (χ0) is 21.0. The summed E-state index contributed by atoms with van der Waals surface area (Å²) in [5.41, 5.74) is 7.75. The van der Waals surface area contributed by atoms with Gasteiger partial charge in [-0.25, -0.2) is 0 Å². The summed E-state index contributed by atoms with van der Waals surface area (Å²) < 4.78 is 0. The average molecular weight is 417 g/mol. The molecule has 0 fully saturated rings. The van der Waals surface area contributed by atoms with Crippen molar-refractivity contribution in [3.8, 4) is 6.07 Å². The molecule has 2 aromatic carbocycles. The molecule has 5 rings (SSSR count). The molecule has 2 heterocycles. The number of benzene rings is 2. The minimum absolute atomic E-state index is 0.0406. The van der Waals surface area contributed by atoms with Gasteiger partial charge in [-0.05, 0) is 31.0 Å². The molecule has 0 bridgehead atoms. The van der Waals surface area contributed by atoms with Crippen LogP contribution in [0.1, 0.15) is 24.8 Å². The molecule has 0 aromatic heterocycles. The molecule has 2 aromatic rings. The fourth-order valence-electron chi connectivity index (χ4n) is 4.85. The van der Waals surface area contributed by atoms with Crippen molar-refractivity contribution in [3.05, 3.63) is 81.8 Å². The maximum absolute atomic E-state index is 13.5. The fourth-order valence-corrected chi connectivity index (χ4v) is 5.07. The molecule has 2 aliphatic heterocycles. The maximum Gasteiger partial charge on any atom is 0.245 e. The number of amides is 1. The lowest BCUT2D eigenvalue weighted by atomic mass is 9.64. The summed E-state index contributed by atoms with van der Waals surface area (Å²) in [5, 5.41) is 13.5. The highest BCUT2D eigenvalue weighted by atomic mass is 35.5. The first kappa shape index (κ1) is 18.5. The number of para-hydroxylation sites is 2. The van der Waals surface area contributed by atoms with Crippen LogP contribution in [0.3, 0.4) is 0 Å². The summed E-state index contributed by atoms with van der Waals surface area (Å²) in [5.74, 6) is -0.462. The Morgan fingerprint density at radius 1 is 1.10 bits per heavy atom. The van der Waals surface area contributed by atoms with Gasteiger partial charge in [0.25, 0.3) is 0 Å². The van der Waals surface area contributed by atoms with E-state index >= 15 is 0 Å². The highest BCUT2D eigenvalue weighted by Gasteiger charge is 2.60. The van der Waals surface area contributed by atoms with E-state index in [0.29, 0.717) is 52.5 Å². The third-order valence-electron chi connectivity index (χ3n) is 6.03. The van der Waals surface area contributed by atoms with E-state index in [1.165, 1.54) is 0 Å². The Kier molecular flexibility index (Phi) is 3.99. The standard InChI is InChI=1S/C23H17ClN4O2/c24-15-7-2-4-9-17(15)28-18-10-5-11-19(29)20(18)23(14(12-25)21(28)26)13-6-1-3-8-16(13)27-22(23)30/h1-4,6-9H,5,10-11,26H2,(H,27,30)/t23-/m1/s1. The molecule has 1 spiro atoms. The van der Waals surface area contributed by atoms with Crippen molar-refractivity contribution in [2.75, 3.05) is 10.2 Å². The fraction of sp³-hybridized carbons (Fsp3) is 0.174. The summed E-state index contributed by atoms with van der Waals surface area (Å²) in [6.07, 6.45) is 1.49. The molecular weight excluding hydrogens is 400 g/mol. The highest BCUT2D eigenvalue weighted by molar-refractivity contribution is 6.33. The quantitative estimate of drug-likeness (QED) is 0.737. The van der Waals surface area contributed by atoms with Gasteiger partial charge in [-0.1, -0.05) is 41.9 Å². The van der Waals surface area contributed by atoms with Gasteiger partial charge in [0, 0.05) is 28.9 Å². The number of halogens is 1. The number of nitriles is 1. The zero-order valence-electron chi connectivity index (χ0n) is 15.9. The van der Waals surface area contributed by atoms with Crippen molar-refractivity contribution in [1.82, 2.24) is 0 Å². The van der Waals surface area contributed by atoms with Crippen molar-refractivity contribution < 1.29 is 9.59 Å². The second kappa shape index (κ2) is 6.48. The largest absolute Gasteiger partial charge is 0.384 e. The lowest BCUT2D eigenvalue weighted by Gasteiger charge is -2.43. The van der Waals surface area contributed by atoms with Gasteiger partial charge < -0.3 is 11.1 Å². The van der Waals surface area contributed by atoms with Crippen LogP contribution < -0.4 is 16.0 Å². The topological polar surface area (TPSA) is 99.2 Å². The molecule has 0 saturated heterocycles. The van der Waals surface area contributed by atoms with Gasteiger partial charge in [-0.15, -0.1) is 0 Å².